The lowest BCUT2D eigenvalue weighted by Crippen LogP contribution is -2.31. The number of fused-ring (bicyclic) bond motifs is 2. The maximum absolute atomic E-state index is 6.13. The molecule has 4 heteroatoms. The zero-order valence-corrected chi connectivity index (χ0v) is 17.9. The molecule has 0 fully saturated rings. The van der Waals surface area contributed by atoms with Gasteiger partial charge in [-0.15, -0.1) is 0 Å². The molecular weight excluding hydrogens is 372 g/mol. The molecule has 0 radical (unpaired) electrons. The van der Waals surface area contributed by atoms with Crippen molar-refractivity contribution in [2.24, 2.45) is 4.99 Å². The van der Waals surface area contributed by atoms with Crippen molar-refractivity contribution in [2.45, 2.75) is 51.7 Å². The minimum absolute atomic E-state index is 0.0514. The van der Waals surface area contributed by atoms with Gasteiger partial charge in [0.05, 0.1) is 6.61 Å². The van der Waals surface area contributed by atoms with Crippen molar-refractivity contribution < 1.29 is 9.47 Å². The van der Waals surface area contributed by atoms with E-state index in [-0.39, 0.29) is 12.1 Å². The second-order valence-electron chi connectivity index (χ2n) is 7.98. The van der Waals surface area contributed by atoms with Gasteiger partial charge in [-0.25, -0.2) is 4.98 Å². The van der Waals surface area contributed by atoms with E-state index in [4.69, 9.17) is 14.5 Å². The van der Waals surface area contributed by atoms with Crippen molar-refractivity contribution in [3.63, 3.8) is 0 Å². The number of unbranched alkanes of at least 4 members (excludes halogenated alkanes) is 3. The van der Waals surface area contributed by atoms with Crippen LogP contribution in [0.4, 0.5) is 0 Å². The van der Waals surface area contributed by atoms with Crippen LogP contribution < -0.4 is 4.74 Å². The molecule has 0 amide bonds. The number of aromatic nitrogens is 1. The second kappa shape index (κ2) is 9.86. The Morgan fingerprint density at radius 2 is 1.80 bits per heavy atom. The van der Waals surface area contributed by atoms with E-state index in [1.807, 2.05) is 32.0 Å². The van der Waals surface area contributed by atoms with Crippen LogP contribution in [0.1, 0.15) is 38.3 Å². The molecule has 4 rings (SSSR count). The van der Waals surface area contributed by atoms with E-state index in [9.17, 15) is 0 Å². The normalized spacial score (nSPS) is 20.1. The lowest BCUT2D eigenvalue weighted by atomic mass is 9.94. The molecule has 2 atom stereocenters. The van der Waals surface area contributed by atoms with Crippen LogP contribution >= 0.6 is 0 Å². The first-order chi connectivity index (χ1) is 14.7. The van der Waals surface area contributed by atoms with Gasteiger partial charge in [0, 0.05) is 23.4 Å². The van der Waals surface area contributed by atoms with Gasteiger partial charge in [0.25, 0.3) is 0 Å². The smallest absolute Gasteiger partial charge is 0.145 e. The first-order valence-electron chi connectivity index (χ1n) is 10.9. The highest BCUT2D eigenvalue weighted by Gasteiger charge is 2.25. The molecule has 2 aromatic rings. The van der Waals surface area contributed by atoms with Gasteiger partial charge in [0.15, 0.2) is 0 Å². The maximum atomic E-state index is 6.13. The molecule has 1 aromatic carbocycles. The highest BCUT2D eigenvalue weighted by atomic mass is 16.5. The number of hydrogen-bond donors (Lipinski definition) is 0. The number of pyridine rings is 1. The van der Waals surface area contributed by atoms with Crippen molar-refractivity contribution in [3.05, 3.63) is 72.0 Å². The summed E-state index contributed by atoms with van der Waals surface area (Å²) in [6, 6.07) is 10.4. The monoisotopic (exact) mass is 402 g/mol. The third-order valence-corrected chi connectivity index (χ3v) is 5.53. The molecule has 0 bridgehead atoms. The van der Waals surface area contributed by atoms with Gasteiger partial charge in [0.2, 0.25) is 0 Å². The van der Waals surface area contributed by atoms with Crippen molar-refractivity contribution in [1.82, 2.24) is 4.98 Å². The number of nitrogens with zero attached hydrogens (tertiary/aromatic N) is 2. The number of hydrogen-bond acceptors (Lipinski definition) is 4. The van der Waals surface area contributed by atoms with E-state index in [2.05, 4.69) is 47.5 Å². The Labute approximate surface area is 179 Å². The highest BCUT2D eigenvalue weighted by molar-refractivity contribution is 5.94. The summed E-state index contributed by atoms with van der Waals surface area (Å²) >= 11 is 0. The summed E-state index contributed by atoms with van der Waals surface area (Å²) in [5, 5.41) is 1.12. The van der Waals surface area contributed by atoms with Crippen LogP contribution in [0.25, 0.3) is 10.9 Å². The fourth-order valence-electron chi connectivity index (χ4n) is 3.89. The molecule has 1 aliphatic carbocycles. The maximum Gasteiger partial charge on any atom is 0.145 e. The molecule has 1 aromatic heterocycles. The van der Waals surface area contributed by atoms with Crippen molar-refractivity contribution in [2.75, 3.05) is 13.2 Å². The summed E-state index contributed by atoms with van der Waals surface area (Å²) in [5.41, 5.74) is 4.27. The average Bonchev–Trinajstić information content (AvgIpc) is 2.76. The molecular formula is C26H30N2O2. The summed E-state index contributed by atoms with van der Waals surface area (Å²) in [6.07, 6.45) is 15.0. The summed E-state index contributed by atoms with van der Waals surface area (Å²) in [6.45, 7) is 5.54. The number of aryl methyl sites for hydroxylation is 1. The third kappa shape index (κ3) is 5.06. The average molecular weight is 403 g/mol. The second-order valence-corrected chi connectivity index (χ2v) is 7.98. The number of allylic oxidation sites excluding steroid dienone is 3. The number of rotatable bonds is 9. The quantitative estimate of drug-likeness (QED) is 0.501. The van der Waals surface area contributed by atoms with Crippen LogP contribution in [-0.4, -0.2) is 36.1 Å². The lowest BCUT2D eigenvalue weighted by Gasteiger charge is -2.27. The summed E-state index contributed by atoms with van der Waals surface area (Å²) < 4.78 is 12.1. The summed E-state index contributed by atoms with van der Waals surface area (Å²) in [7, 11) is 0. The Kier molecular flexibility index (Phi) is 6.75. The van der Waals surface area contributed by atoms with Gasteiger partial charge >= 0.3 is 0 Å². The van der Waals surface area contributed by atoms with Gasteiger partial charge in [-0.3, -0.25) is 4.99 Å². The Balaban J connectivity index is 1.14. The van der Waals surface area contributed by atoms with E-state index >= 15 is 0 Å². The molecule has 2 unspecified atom stereocenters. The third-order valence-electron chi connectivity index (χ3n) is 5.53. The van der Waals surface area contributed by atoms with Crippen LogP contribution in [0, 0.1) is 6.92 Å². The Morgan fingerprint density at radius 1 is 0.933 bits per heavy atom. The van der Waals surface area contributed by atoms with E-state index in [0.717, 1.165) is 67.0 Å². The molecule has 156 valence electrons. The van der Waals surface area contributed by atoms with Crippen LogP contribution in [0.15, 0.2) is 71.3 Å². The van der Waals surface area contributed by atoms with Gasteiger partial charge in [0.1, 0.15) is 23.4 Å². The van der Waals surface area contributed by atoms with Gasteiger partial charge < -0.3 is 9.47 Å². The number of benzene rings is 1. The van der Waals surface area contributed by atoms with E-state index < -0.39 is 0 Å². The zero-order chi connectivity index (χ0) is 20.8. The molecule has 4 nitrogen and oxygen atoms in total. The standard InChI is InChI=1S/C26H30N2O2/c1-19-13-15-21-9-7-11-23(25(21)27-19)29-17-5-3-4-6-18-30-24-12-8-10-22-16-14-20(2)28-26(22)24/h7-16,23,25H,3-6,17-18H2,1-2H3. The molecule has 2 heterocycles. The zero-order valence-electron chi connectivity index (χ0n) is 17.9. The van der Waals surface area contributed by atoms with Crippen LogP contribution in [0.3, 0.4) is 0 Å². The topological polar surface area (TPSA) is 43.7 Å². The number of dihydropyridines is 1. The van der Waals surface area contributed by atoms with E-state index in [1.165, 1.54) is 5.57 Å². The minimum atomic E-state index is 0.0514. The Morgan fingerprint density at radius 3 is 2.70 bits per heavy atom. The molecule has 0 saturated carbocycles. The van der Waals surface area contributed by atoms with Gasteiger partial charge in [-0.05, 0) is 56.9 Å². The molecule has 30 heavy (non-hydrogen) atoms. The highest BCUT2D eigenvalue weighted by Crippen LogP contribution is 2.25. The van der Waals surface area contributed by atoms with E-state index in [0.29, 0.717) is 0 Å². The number of ether oxygens (including phenoxy) is 2. The molecule has 0 spiro atoms. The molecule has 0 N–H and O–H groups in total. The van der Waals surface area contributed by atoms with Gasteiger partial charge in [-0.1, -0.05) is 48.9 Å². The fraction of sp³-hybridized carbons (Fsp3) is 0.385. The molecule has 2 aliphatic rings. The minimum Gasteiger partial charge on any atom is -0.491 e. The number of aliphatic imine (C=N–C) groups is 1. The fourth-order valence-corrected chi connectivity index (χ4v) is 3.89. The summed E-state index contributed by atoms with van der Waals surface area (Å²) in [4.78, 5) is 9.37. The van der Waals surface area contributed by atoms with Crippen molar-refractivity contribution in [1.29, 1.82) is 0 Å². The first-order valence-corrected chi connectivity index (χ1v) is 10.9. The molecule has 0 saturated heterocycles. The van der Waals surface area contributed by atoms with Crippen molar-refractivity contribution >= 4 is 16.6 Å². The van der Waals surface area contributed by atoms with Gasteiger partial charge in [-0.2, -0.15) is 0 Å². The van der Waals surface area contributed by atoms with Crippen LogP contribution in [0.2, 0.25) is 0 Å². The Bertz CT molecular complexity index is 1000. The van der Waals surface area contributed by atoms with Crippen LogP contribution in [0.5, 0.6) is 5.75 Å². The predicted molar refractivity (Wildman–Crippen MR) is 123 cm³/mol. The lowest BCUT2D eigenvalue weighted by molar-refractivity contribution is 0.0718. The van der Waals surface area contributed by atoms with Crippen LogP contribution in [-0.2, 0) is 4.74 Å². The summed E-state index contributed by atoms with van der Waals surface area (Å²) in [5.74, 6) is 0.879. The molecule has 1 aliphatic heterocycles. The largest absolute Gasteiger partial charge is 0.491 e. The number of para-hydroxylation sites is 1. The SMILES string of the molecule is CC1=NC2C(=CC=CC2OCCCCCCOc2cccc3ccc(C)nc23)C=C1. The predicted octanol–water partition coefficient (Wildman–Crippen LogP) is 5.76. The van der Waals surface area contributed by atoms with E-state index in [1.54, 1.807) is 0 Å². The Hall–Kier alpha value is -2.72. The van der Waals surface area contributed by atoms with Crippen molar-refractivity contribution in [3.8, 4) is 5.75 Å². The first kappa shape index (κ1) is 20.5.